The predicted molar refractivity (Wildman–Crippen MR) is 58.0 cm³/mol. The van der Waals surface area contributed by atoms with Crippen molar-refractivity contribution >= 4 is 23.1 Å². The molecular formula is C9H15NS2. The van der Waals surface area contributed by atoms with E-state index < -0.39 is 0 Å². The van der Waals surface area contributed by atoms with Gasteiger partial charge in [0, 0.05) is 16.5 Å². The molecule has 0 saturated carbocycles. The minimum Gasteiger partial charge on any atom is -0.245 e. The van der Waals surface area contributed by atoms with Gasteiger partial charge in [-0.3, -0.25) is 0 Å². The number of hydrogen-bond acceptors (Lipinski definition) is 3. The van der Waals surface area contributed by atoms with E-state index in [2.05, 4.69) is 37.4 Å². The van der Waals surface area contributed by atoms with Crippen LogP contribution >= 0.6 is 23.1 Å². The molecule has 1 aromatic heterocycles. The lowest BCUT2D eigenvalue weighted by Gasteiger charge is -2.13. The first kappa shape index (κ1) is 10.1. The summed E-state index contributed by atoms with van der Waals surface area (Å²) in [7, 11) is 0. The van der Waals surface area contributed by atoms with Crippen LogP contribution in [0.1, 0.15) is 31.5 Å². The lowest BCUT2D eigenvalue weighted by atomic mass is 9.98. The summed E-state index contributed by atoms with van der Waals surface area (Å²) in [6.07, 6.45) is 2.11. The number of nitrogens with zero attached hydrogens (tertiary/aromatic N) is 1. The summed E-state index contributed by atoms with van der Waals surface area (Å²) in [5.74, 6) is 1.03. The van der Waals surface area contributed by atoms with Gasteiger partial charge < -0.3 is 0 Å². The van der Waals surface area contributed by atoms with Crippen LogP contribution < -0.4 is 0 Å². The third-order valence-electron chi connectivity index (χ3n) is 1.49. The molecule has 1 heterocycles. The molecule has 0 N–H and O–H groups in total. The van der Waals surface area contributed by atoms with E-state index in [4.69, 9.17) is 0 Å². The van der Waals surface area contributed by atoms with Crippen molar-refractivity contribution in [2.45, 2.75) is 31.9 Å². The van der Waals surface area contributed by atoms with Gasteiger partial charge in [0.15, 0.2) is 0 Å². The Hall–Kier alpha value is -0.0200. The molecule has 1 aromatic rings. The van der Waals surface area contributed by atoms with Crippen molar-refractivity contribution in [3.8, 4) is 0 Å². The molecule has 0 saturated heterocycles. The van der Waals surface area contributed by atoms with E-state index in [-0.39, 0.29) is 5.41 Å². The van der Waals surface area contributed by atoms with Crippen molar-refractivity contribution in [2.24, 2.45) is 0 Å². The molecule has 1 nitrogen and oxygen atoms in total. The maximum absolute atomic E-state index is 4.57. The Labute approximate surface area is 82.6 Å². The van der Waals surface area contributed by atoms with Gasteiger partial charge in [-0.2, -0.15) is 11.8 Å². The summed E-state index contributed by atoms with van der Waals surface area (Å²) < 4.78 is 0. The Balaban J connectivity index is 2.77. The van der Waals surface area contributed by atoms with Crippen molar-refractivity contribution < 1.29 is 0 Å². The molecule has 0 spiro atoms. The van der Waals surface area contributed by atoms with Crippen molar-refractivity contribution in [2.75, 3.05) is 6.26 Å². The van der Waals surface area contributed by atoms with E-state index in [9.17, 15) is 0 Å². The summed E-state index contributed by atoms with van der Waals surface area (Å²) in [5, 5.41) is 3.41. The highest BCUT2D eigenvalue weighted by Gasteiger charge is 2.17. The number of aromatic nitrogens is 1. The molecule has 0 aliphatic carbocycles. The minimum absolute atomic E-state index is 0.210. The molecule has 0 unspecified atom stereocenters. The van der Waals surface area contributed by atoms with Crippen LogP contribution in [0.4, 0.5) is 0 Å². The van der Waals surface area contributed by atoms with Gasteiger partial charge in [0.1, 0.15) is 0 Å². The lowest BCUT2D eigenvalue weighted by molar-refractivity contribution is 0.584. The molecule has 1 rings (SSSR count). The fourth-order valence-electron chi connectivity index (χ4n) is 0.866. The molecule has 3 heteroatoms. The maximum atomic E-state index is 4.57. The van der Waals surface area contributed by atoms with Gasteiger partial charge in [-0.25, -0.2) is 4.98 Å². The van der Waals surface area contributed by atoms with Crippen LogP contribution in [-0.4, -0.2) is 11.2 Å². The Kier molecular flexibility index (Phi) is 3.18. The van der Waals surface area contributed by atoms with Gasteiger partial charge >= 0.3 is 0 Å². The first-order valence-corrected chi connectivity index (χ1v) is 6.25. The zero-order valence-electron chi connectivity index (χ0n) is 8.05. The van der Waals surface area contributed by atoms with Crippen molar-refractivity contribution in [1.29, 1.82) is 0 Å². The van der Waals surface area contributed by atoms with Crippen molar-refractivity contribution in [3.05, 3.63) is 16.1 Å². The summed E-state index contributed by atoms with van der Waals surface area (Å²) in [6.45, 7) is 6.61. The highest BCUT2D eigenvalue weighted by atomic mass is 32.2. The molecule has 0 fully saturated rings. The SMILES string of the molecule is CSCc1csc(C(C)(C)C)n1. The largest absolute Gasteiger partial charge is 0.245 e. The van der Waals surface area contributed by atoms with Crippen LogP contribution in [0.2, 0.25) is 0 Å². The second-order valence-electron chi connectivity index (χ2n) is 3.83. The van der Waals surface area contributed by atoms with E-state index in [1.54, 1.807) is 11.3 Å². The molecule has 0 aliphatic rings. The van der Waals surface area contributed by atoms with Crippen LogP contribution in [-0.2, 0) is 11.2 Å². The van der Waals surface area contributed by atoms with Crippen molar-refractivity contribution in [1.82, 2.24) is 4.98 Å². The molecule has 0 atom stereocenters. The smallest absolute Gasteiger partial charge is 0.0982 e. The Morgan fingerprint density at radius 2 is 2.17 bits per heavy atom. The fraction of sp³-hybridized carbons (Fsp3) is 0.667. The summed E-state index contributed by atoms with van der Waals surface area (Å²) in [5.41, 5.74) is 1.43. The van der Waals surface area contributed by atoms with E-state index in [0.717, 1.165) is 5.75 Å². The Morgan fingerprint density at radius 1 is 1.50 bits per heavy atom. The average molecular weight is 201 g/mol. The third-order valence-corrected chi connectivity index (χ3v) is 3.39. The number of thioether (sulfide) groups is 1. The first-order valence-electron chi connectivity index (χ1n) is 3.98. The second-order valence-corrected chi connectivity index (χ2v) is 5.55. The molecule has 0 aliphatic heterocycles. The topological polar surface area (TPSA) is 12.9 Å². The Morgan fingerprint density at radius 3 is 2.58 bits per heavy atom. The number of thiazole rings is 1. The summed E-state index contributed by atoms with van der Waals surface area (Å²) in [4.78, 5) is 4.57. The number of rotatable bonds is 2. The van der Waals surface area contributed by atoms with Gasteiger partial charge in [-0.15, -0.1) is 11.3 Å². The Bertz CT molecular complexity index is 247. The second kappa shape index (κ2) is 3.79. The van der Waals surface area contributed by atoms with Gasteiger partial charge in [-0.1, -0.05) is 20.8 Å². The van der Waals surface area contributed by atoms with Gasteiger partial charge in [0.2, 0.25) is 0 Å². The average Bonchev–Trinajstić information content (AvgIpc) is 2.35. The molecule has 0 bridgehead atoms. The van der Waals surface area contributed by atoms with Gasteiger partial charge in [0.25, 0.3) is 0 Å². The zero-order valence-corrected chi connectivity index (χ0v) is 9.68. The molecule has 0 radical (unpaired) electrons. The minimum atomic E-state index is 0.210. The fourth-order valence-corrected chi connectivity index (χ4v) is 2.32. The van der Waals surface area contributed by atoms with Crippen LogP contribution in [0.5, 0.6) is 0 Å². The van der Waals surface area contributed by atoms with E-state index >= 15 is 0 Å². The molecule has 0 amide bonds. The molecular weight excluding hydrogens is 186 g/mol. The standard InChI is InChI=1S/C9H15NS2/c1-9(2,3)8-10-7(5-11-4)6-12-8/h6H,5H2,1-4H3. The van der Waals surface area contributed by atoms with E-state index in [1.165, 1.54) is 10.7 Å². The molecule has 0 aromatic carbocycles. The number of hydrogen-bond donors (Lipinski definition) is 0. The van der Waals surface area contributed by atoms with Crippen LogP contribution in [0, 0.1) is 0 Å². The van der Waals surface area contributed by atoms with Gasteiger partial charge in [0.05, 0.1) is 10.7 Å². The van der Waals surface area contributed by atoms with Crippen LogP contribution in [0.25, 0.3) is 0 Å². The van der Waals surface area contributed by atoms with Crippen molar-refractivity contribution in [3.63, 3.8) is 0 Å². The van der Waals surface area contributed by atoms with Gasteiger partial charge in [-0.05, 0) is 6.26 Å². The molecule has 68 valence electrons. The lowest BCUT2D eigenvalue weighted by Crippen LogP contribution is -2.10. The highest BCUT2D eigenvalue weighted by molar-refractivity contribution is 7.97. The van der Waals surface area contributed by atoms with Crippen LogP contribution in [0.15, 0.2) is 5.38 Å². The summed E-state index contributed by atoms with van der Waals surface area (Å²) in [6, 6.07) is 0. The highest BCUT2D eigenvalue weighted by Crippen LogP contribution is 2.26. The predicted octanol–water partition coefficient (Wildman–Crippen LogP) is 3.30. The third kappa shape index (κ3) is 2.49. The monoisotopic (exact) mass is 201 g/mol. The zero-order chi connectivity index (χ0) is 9.19. The molecule has 12 heavy (non-hydrogen) atoms. The van der Waals surface area contributed by atoms with E-state index in [1.807, 2.05) is 11.8 Å². The quantitative estimate of drug-likeness (QED) is 0.728. The first-order chi connectivity index (χ1) is 5.54. The maximum Gasteiger partial charge on any atom is 0.0982 e. The van der Waals surface area contributed by atoms with E-state index in [0.29, 0.717) is 0 Å². The van der Waals surface area contributed by atoms with Crippen LogP contribution in [0.3, 0.4) is 0 Å². The summed E-state index contributed by atoms with van der Waals surface area (Å²) >= 11 is 3.59. The normalized spacial score (nSPS) is 12.0.